The first kappa shape index (κ1) is 15.1. The molecule has 0 atom stereocenters. The molecule has 0 bridgehead atoms. The van der Waals surface area contributed by atoms with Gasteiger partial charge in [-0.3, -0.25) is 0 Å². The van der Waals surface area contributed by atoms with Crippen LogP contribution in [0, 0.1) is 5.92 Å². The minimum absolute atomic E-state index is 0.0759. The molecule has 18 heavy (non-hydrogen) atoms. The molecule has 0 unspecified atom stereocenters. The Bertz CT molecular complexity index is 443. The molecule has 0 saturated heterocycles. The summed E-state index contributed by atoms with van der Waals surface area (Å²) in [5.74, 6) is 0.187. The quantitative estimate of drug-likeness (QED) is 0.817. The second-order valence-electron chi connectivity index (χ2n) is 4.72. The number of hydrogen-bond acceptors (Lipinski definition) is 3. The topological polar surface area (TPSA) is 57.6 Å². The number of sulfonamides is 1. The third-order valence-corrected chi connectivity index (χ3v) is 4.67. The van der Waals surface area contributed by atoms with Crippen LogP contribution in [0.2, 0.25) is 0 Å². The van der Waals surface area contributed by atoms with Crippen molar-refractivity contribution in [3.63, 3.8) is 0 Å². The molecule has 0 aliphatic heterocycles. The molecule has 0 radical (unpaired) electrons. The first-order valence-corrected chi connectivity index (χ1v) is 7.69. The Morgan fingerprint density at radius 2 is 1.83 bits per heavy atom. The van der Waals surface area contributed by atoms with E-state index in [1.165, 1.54) is 4.31 Å². The van der Waals surface area contributed by atoms with Gasteiger partial charge >= 0.3 is 0 Å². The number of benzene rings is 1. The number of aliphatic hydroxyl groups is 1. The maximum absolute atomic E-state index is 12.2. The van der Waals surface area contributed by atoms with Crippen LogP contribution < -0.4 is 0 Å². The van der Waals surface area contributed by atoms with E-state index in [0.29, 0.717) is 6.54 Å². The monoisotopic (exact) mass is 271 g/mol. The van der Waals surface area contributed by atoms with Gasteiger partial charge in [0.05, 0.1) is 12.4 Å². The summed E-state index contributed by atoms with van der Waals surface area (Å²) >= 11 is 0. The van der Waals surface area contributed by atoms with E-state index in [4.69, 9.17) is 5.11 Å². The van der Waals surface area contributed by atoms with E-state index in [0.717, 1.165) is 5.56 Å². The van der Waals surface area contributed by atoms with Crippen molar-refractivity contribution >= 4 is 10.0 Å². The van der Waals surface area contributed by atoms with Crippen molar-refractivity contribution in [3.05, 3.63) is 35.9 Å². The van der Waals surface area contributed by atoms with E-state index >= 15 is 0 Å². The van der Waals surface area contributed by atoms with Gasteiger partial charge in [0.2, 0.25) is 10.0 Å². The first-order chi connectivity index (χ1) is 8.45. The van der Waals surface area contributed by atoms with E-state index in [1.807, 2.05) is 44.2 Å². The molecular formula is C13H21NO3S. The van der Waals surface area contributed by atoms with Crippen molar-refractivity contribution in [2.24, 2.45) is 5.92 Å². The molecule has 0 spiro atoms. The first-order valence-electron chi connectivity index (χ1n) is 6.08. The molecule has 0 fully saturated rings. The highest BCUT2D eigenvalue weighted by molar-refractivity contribution is 7.89. The average molecular weight is 271 g/mol. The van der Waals surface area contributed by atoms with Crippen LogP contribution >= 0.6 is 0 Å². The molecule has 0 aliphatic rings. The number of nitrogens with zero attached hydrogens (tertiary/aromatic N) is 1. The highest BCUT2D eigenvalue weighted by Gasteiger charge is 2.22. The Kier molecular flexibility index (Phi) is 5.78. The molecule has 0 saturated carbocycles. The fraction of sp³-hybridized carbons (Fsp3) is 0.538. The number of rotatable bonds is 7. The second-order valence-corrected chi connectivity index (χ2v) is 6.73. The summed E-state index contributed by atoms with van der Waals surface area (Å²) in [4.78, 5) is 0. The zero-order valence-corrected chi connectivity index (χ0v) is 11.7. The van der Waals surface area contributed by atoms with Crippen LogP contribution in [-0.4, -0.2) is 36.7 Å². The lowest BCUT2D eigenvalue weighted by molar-refractivity contribution is 0.250. The highest BCUT2D eigenvalue weighted by Crippen LogP contribution is 2.12. The van der Waals surface area contributed by atoms with Gasteiger partial charge in [0.25, 0.3) is 0 Å². The van der Waals surface area contributed by atoms with Crippen molar-refractivity contribution < 1.29 is 13.5 Å². The fourth-order valence-corrected chi connectivity index (χ4v) is 3.50. The molecule has 1 rings (SSSR count). The van der Waals surface area contributed by atoms with E-state index in [2.05, 4.69) is 0 Å². The third-order valence-electron chi connectivity index (χ3n) is 2.49. The van der Waals surface area contributed by atoms with Crippen molar-refractivity contribution in [1.29, 1.82) is 0 Å². The Morgan fingerprint density at radius 3 is 2.33 bits per heavy atom. The summed E-state index contributed by atoms with van der Waals surface area (Å²) in [7, 11) is -3.31. The van der Waals surface area contributed by atoms with Gasteiger partial charge in [-0.1, -0.05) is 44.2 Å². The van der Waals surface area contributed by atoms with Crippen LogP contribution in [0.3, 0.4) is 0 Å². The summed E-state index contributed by atoms with van der Waals surface area (Å²) in [5.41, 5.74) is 0.929. The van der Waals surface area contributed by atoms with Crippen LogP contribution in [0.15, 0.2) is 30.3 Å². The molecule has 0 amide bonds. The van der Waals surface area contributed by atoms with Crippen LogP contribution in [-0.2, 0) is 16.6 Å². The predicted octanol–water partition coefficient (Wildman–Crippen LogP) is 1.47. The van der Waals surface area contributed by atoms with Crippen molar-refractivity contribution in [3.8, 4) is 0 Å². The summed E-state index contributed by atoms with van der Waals surface area (Å²) in [5, 5.41) is 9.01. The Balaban J connectivity index is 2.83. The Morgan fingerprint density at radius 1 is 1.22 bits per heavy atom. The number of hydrogen-bond donors (Lipinski definition) is 1. The average Bonchev–Trinajstić information content (AvgIpc) is 2.28. The lowest BCUT2D eigenvalue weighted by Crippen LogP contribution is -2.36. The van der Waals surface area contributed by atoms with Gasteiger partial charge in [0, 0.05) is 13.1 Å². The molecule has 0 aromatic heterocycles. The molecular weight excluding hydrogens is 250 g/mol. The van der Waals surface area contributed by atoms with E-state index in [9.17, 15) is 8.42 Å². The van der Waals surface area contributed by atoms with E-state index in [1.54, 1.807) is 0 Å². The minimum Gasteiger partial charge on any atom is -0.395 e. The molecule has 1 N–H and O–H groups in total. The Labute approximate surface area is 109 Å². The van der Waals surface area contributed by atoms with Gasteiger partial charge < -0.3 is 5.11 Å². The van der Waals surface area contributed by atoms with Gasteiger partial charge in [0.1, 0.15) is 0 Å². The standard InChI is InChI=1S/C13H21NO3S/c1-12(2)11-18(16,17)14(8-9-15)10-13-6-4-3-5-7-13/h3-7,12,15H,8-11H2,1-2H3. The maximum Gasteiger partial charge on any atom is 0.214 e. The Hall–Kier alpha value is -0.910. The molecule has 102 valence electrons. The molecule has 4 nitrogen and oxygen atoms in total. The van der Waals surface area contributed by atoms with Gasteiger partial charge in [-0.15, -0.1) is 0 Å². The van der Waals surface area contributed by atoms with Crippen LogP contribution in [0.4, 0.5) is 0 Å². The summed E-state index contributed by atoms with van der Waals surface area (Å²) in [6.45, 7) is 4.04. The third kappa shape index (κ3) is 4.76. The van der Waals surface area contributed by atoms with Gasteiger partial charge in [-0.25, -0.2) is 8.42 Å². The highest BCUT2D eigenvalue weighted by atomic mass is 32.2. The normalized spacial score (nSPS) is 12.3. The minimum atomic E-state index is -3.31. The molecule has 0 heterocycles. The van der Waals surface area contributed by atoms with E-state index < -0.39 is 10.0 Å². The number of aliphatic hydroxyl groups excluding tert-OH is 1. The molecule has 1 aromatic rings. The van der Waals surface area contributed by atoms with Crippen molar-refractivity contribution in [2.45, 2.75) is 20.4 Å². The smallest absolute Gasteiger partial charge is 0.214 e. The lowest BCUT2D eigenvalue weighted by Gasteiger charge is -2.22. The van der Waals surface area contributed by atoms with Gasteiger partial charge in [-0.05, 0) is 11.5 Å². The van der Waals surface area contributed by atoms with Crippen LogP contribution in [0.1, 0.15) is 19.4 Å². The van der Waals surface area contributed by atoms with Gasteiger partial charge in [-0.2, -0.15) is 4.31 Å². The predicted molar refractivity (Wildman–Crippen MR) is 72.6 cm³/mol. The van der Waals surface area contributed by atoms with E-state index in [-0.39, 0.29) is 24.8 Å². The zero-order valence-electron chi connectivity index (χ0n) is 10.9. The van der Waals surface area contributed by atoms with Crippen LogP contribution in [0.25, 0.3) is 0 Å². The zero-order chi connectivity index (χ0) is 13.6. The molecule has 5 heteroatoms. The summed E-state index contributed by atoms with van der Waals surface area (Å²) in [6.07, 6.45) is 0. The molecule has 1 aromatic carbocycles. The maximum atomic E-state index is 12.2. The summed E-state index contributed by atoms with van der Waals surface area (Å²) in [6, 6.07) is 9.41. The van der Waals surface area contributed by atoms with Crippen molar-refractivity contribution in [2.75, 3.05) is 18.9 Å². The second kappa shape index (κ2) is 6.87. The fourth-order valence-electron chi connectivity index (χ4n) is 1.74. The van der Waals surface area contributed by atoms with Gasteiger partial charge in [0.15, 0.2) is 0 Å². The van der Waals surface area contributed by atoms with Crippen molar-refractivity contribution in [1.82, 2.24) is 4.31 Å². The largest absolute Gasteiger partial charge is 0.395 e. The molecule has 0 aliphatic carbocycles. The summed E-state index contributed by atoms with van der Waals surface area (Å²) < 4.78 is 25.7. The lowest BCUT2D eigenvalue weighted by atomic mass is 10.2. The SMILES string of the molecule is CC(C)CS(=O)(=O)N(CCO)Cc1ccccc1. The van der Waals surface area contributed by atoms with Crippen LogP contribution in [0.5, 0.6) is 0 Å².